The Bertz CT molecular complexity index is 944. The second-order valence-electron chi connectivity index (χ2n) is 6.37. The molecular weight excluding hydrogens is 324 g/mol. The van der Waals surface area contributed by atoms with Gasteiger partial charge in [0.05, 0.1) is 23.5 Å². The summed E-state index contributed by atoms with van der Waals surface area (Å²) < 4.78 is 0. The van der Waals surface area contributed by atoms with Crippen molar-refractivity contribution in [3.63, 3.8) is 0 Å². The number of H-pyrrole nitrogens is 1. The quantitative estimate of drug-likeness (QED) is 0.510. The Hall–Kier alpha value is -3.08. The zero-order valence-corrected chi connectivity index (χ0v) is 15.2. The van der Waals surface area contributed by atoms with Gasteiger partial charge < -0.3 is 10.4 Å². The van der Waals surface area contributed by atoms with Gasteiger partial charge in [0.1, 0.15) is 5.82 Å². The van der Waals surface area contributed by atoms with Crippen molar-refractivity contribution in [2.45, 2.75) is 33.1 Å². The van der Waals surface area contributed by atoms with Crippen LogP contribution in [0, 0.1) is 19.3 Å². The van der Waals surface area contributed by atoms with Gasteiger partial charge in [0.15, 0.2) is 0 Å². The van der Waals surface area contributed by atoms with Crippen LogP contribution in [0.2, 0.25) is 0 Å². The molecule has 1 aromatic carbocycles. The summed E-state index contributed by atoms with van der Waals surface area (Å²) in [6, 6.07) is 9.42. The molecular formula is C21H22N4O. The third-order valence-corrected chi connectivity index (χ3v) is 4.75. The molecule has 1 unspecified atom stereocenters. The molecule has 0 bridgehead atoms. The lowest BCUT2D eigenvalue weighted by Gasteiger charge is -2.15. The van der Waals surface area contributed by atoms with Crippen LogP contribution in [0.15, 0.2) is 48.9 Å². The van der Waals surface area contributed by atoms with Gasteiger partial charge in [-0.15, -0.1) is 0 Å². The summed E-state index contributed by atoms with van der Waals surface area (Å²) in [5, 5.41) is 8.49. The number of hydrogen-bond acceptors (Lipinski definition) is 4. The van der Waals surface area contributed by atoms with Crippen LogP contribution in [0.1, 0.15) is 46.6 Å². The summed E-state index contributed by atoms with van der Waals surface area (Å²) in [5.41, 5.74) is 4.38. The van der Waals surface area contributed by atoms with Crippen molar-refractivity contribution in [3.05, 3.63) is 71.4 Å². The summed E-state index contributed by atoms with van der Waals surface area (Å²) in [6.07, 6.45) is 5.82. The lowest BCUT2D eigenvalue weighted by atomic mass is 9.90. The first kappa shape index (κ1) is 17.7. The Morgan fingerprint density at radius 2 is 2.00 bits per heavy atom. The number of nitrogens with zero attached hydrogens (tertiary/aromatic N) is 2. The molecule has 3 aromatic rings. The Morgan fingerprint density at radius 1 is 1.19 bits per heavy atom. The second-order valence-corrected chi connectivity index (χ2v) is 6.37. The van der Waals surface area contributed by atoms with Crippen molar-refractivity contribution in [1.29, 1.82) is 5.41 Å². The maximum absolute atomic E-state index is 12.9. The van der Waals surface area contributed by atoms with Gasteiger partial charge >= 0.3 is 0 Å². The standard InChI is InChI=1S/C21H22N4O/c1-4-16(19(22)20(26)17-9-5-7-13(2)14(17)3)21-24-12-18(25-21)15-8-6-10-23-11-15/h5-12,16,22H,4H2,1-3H3,(H,24,25). The molecule has 3 rings (SSSR count). The molecule has 2 aromatic heterocycles. The maximum Gasteiger partial charge on any atom is 0.207 e. The number of carbonyl (C=O) groups excluding carboxylic acids is 1. The van der Waals surface area contributed by atoms with E-state index in [0.29, 0.717) is 17.8 Å². The minimum atomic E-state index is -0.368. The fourth-order valence-electron chi connectivity index (χ4n) is 3.02. The molecule has 0 aliphatic heterocycles. The Kier molecular flexibility index (Phi) is 5.07. The molecule has 2 heterocycles. The van der Waals surface area contributed by atoms with Gasteiger partial charge in [-0.25, -0.2) is 4.98 Å². The van der Waals surface area contributed by atoms with Crippen molar-refractivity contribution >= 4 is 11.5 Å². The van der Waals surface area contributed by atoms with Crippen LogP contribution in [0.25, 0.3) is 11.3 Å². The number of hydrogen-bond donors (Lipinski definition) is 2. The molecule has 0 aliphatic carbocycles. The molecule has 2 N–H and O–H groups in total. The topological polar surface area (TPSA) is 82.5 Å². The van der Waals surface area contributed by atoms with Crippen LogP contribution in [0.4, 0.5) is 0 Å². The molecule has 1 atom stereocenters. The number of benzene rings is 1. The van der Waals surface area contributed by atoms with Crippen LogP contribution in [0.3, 0.4) is 0 Å². The fraction of sp³-hybridized carbons (Fsp3) is 0.238. The van der Waals surface area contributed by atoms with Crippen molar-refractivity contribution in [3.8, 4) is 11.3 Å². The predicted octanol–water partition coefficient (Wildman–Crippen LogP) is 4.48. The second kappa shape index (κ2) is 7.44. The van der Waals surface area contributed by atoms with Crippen LogP contribution in [-0.4, -0.2) is 26.4 Å². The molecule has 0 spiro atoms. The maximum atomic E-state index is 12.9. The normalized spacial score (nSPS) is 12.0. The van der Waals surface area contributed by atoms with E-state index in [1.54, 1.807) is 24.7 Å². The zero-order chi connectivity index (χ0) is 18.7. The number of carbonyl (C=O) groups is 1. The van der Waals surface area contributed by atoms with E-state index >= 15 is 0 Å². The Labute approximate surface area is 153 Å². The average Bonchev–Trinajstić information content (AvgIpc) is 3.14. The van der Waals surface area contributed by atoms with Gasteiger partial charge in [-0.2, -0.15) is 0 Å². The van der Waals surface area contributed by atoms with Crippen LogP contribution in [0.5, 0.6) is 0 Å². The van der Waals surface area contributed by atoms with Crippen molar-refractivity contribution < 1.29 is 4.79 Å². The van der Waals surface area contributed by atoms with E-state index in [-0.39, 0.29) is 17.4 Å². The van der Waals surface area contributed by atoms with E-state index in [0.717, 1.165) is 22.4 Å². The molecule has 0 aliphatic rings. The number of rotatable bonds is 6. The van der Waals surface area contributed by atoms with Gasteiger partial charge in [0, 0.05) is 23.5 Å². The molecule has 0 amide bonds. The first-order chi connectivity index (χ1) is 12.5. The van der Waals surface area contributed by atoms with E-state index in [4.69, 9.17) is 5.41 Å². The van der Waals surface area contributed by atoms with Gasteiger partial charge in [0.25, 0.3) is 0 Å². The van der Waals surface area contributed by atoms with E-state index < -0.39 is 0 Å². The molecule has 0 saturated heterocycles. The van der Waals surface area contributed by atoms with Crippen LogP contribution in [-0.2, 0) is 0 Å². The molecule has 132 valence electrons. The molecule has 5 heteroatoms. The van der Waals surface area contributed by atoms with Crippen molar-refractivity contribution in [1.82, 2.24) is 15.0 Å². The summed E-state index contributed by atoms with van der Waals surface area (Å²) in [6.45, 7) is 5.85. The highest BCUT2D eigenvalue weighted by Gasteiger charge is 2.26. The lowest BCUT2D eigenvalue weighted by molar-refractivity contribution is 0.106. The van der Waals surface area contributed by atoms with Crippen molar-refractivity contribution in [2.24, 2.45) is 0 Å². The predicted molar refractivity (Wildman–Crippen MR) is 103 cm³/mol. The van der Waals surface area contributed by atoms with Gasteiger partial charge in [-0.05, 0) is 43.5 Å². The Balaban J connectivity index is 1.89. The number of Topliss-reactive ketones (excluding diaryl/α,β-unsaturated/α-hetero) is 1. The highest BCUT2D eigenvalue weighted by atomic mass is 16.1. The number of aromatic nitrogens is 3. The third-order valence-electron chi connectivity index (χ3n) is 4.75. The van der Waals surface area contributed by atoms with E-state index in [2.05, 4.69) is 15.0 Å². The number of aromatic amines is 1. The number of aryl methyl sites for hydroxylation is 1. The molecule has 0 saturated carbocycles. The van der Waals surface area contributed by atoms with Crippen LogP contribution < -0.4 is 0 Å². The number of pyridine rings is 1. The third kappa shape index (κ3) is 3.33. The summed E-state index contributed by atoms with van der Waals surface area (Å²) in [5.74, 6) is 0.0280. The van der Waals surface area contributed by atoms with Crippen molar-refractivity contribution in [2.75, 3.05) is 0 Å². The molecule has 5 nitrogen and oxygen atoms in total. The smallest absolute Gasteiger partial charge is 0.207 e. The number of imidazole rings is 1. The number of nitrogens with one attached hydrogen (secondary N) is 2. The first-order valence-electron chi connectivity index (χ1n) is 8.67. The van der Waals surface area contributed by atoms with E-state index in [9.17, 15) is 4.79 Å². The lowest BCUT2D eigenvalue weighted by Crippen LogP contribution is -2.23. The van der Waals surface area contributed by atoms with E-state index in [1.165, 1.54) is 0 Å². The fourth-order valence-corrected chi connectivity index (χ4v) is 3.02. The van der Waals surface area contributed by atoms with Gasteiger partial charge in [-0.1, -0.05) is 25.1 Å². The largest absolute Gasteiger partial charge is 0.341 e. The zero-order valence-electron chi connectivity index (χ0n) is 15.2. The highest BCUT2D eigenvalue weighted by molar-refractivity contribution is 6.46. The molecule has 26 heavy (non-hydrogen) atoms. The van der Waals surface area contributed by atoms with E-state index in [1.807, 2.05) is 45.0 Å². The summed E-state index contributed by atoms with van der Waals surface area (Å²) in [7, 11) is 0. The monoisotopic (exact) mass is 346 g/mol. The van der Waals surface area contributed by atoms with Gasteiger partial charge in [-0.3, -0.25) is 9.78 Å². The number of ketones is 1. The average molecular weight is 346 g/mol. The minimum absolute atomic E-state index is 0.0632. The van der Waals surface area contributed by atoms with Crippen LogP contribution >= 0.6 is 0 Å². The minimum Gasteiger partial charge on any atom is -0.341 e. The summed E-state index contributed by atoms with van der Waals surface area (Å²) in [4.78, 5) is 24.7. The Morgan fingerprint density at radius 3 is 2.69 bits per heavy atom. The highest BCUT2D eigenvalue weighted by Crippen LogP contribution is 2.25. The van der Waals surface area contributed by atoms with Gasteiger partial charge in [0.2, 0.25) is 5.78 Å². The SMILES string of the molecule is CCC(C(=N)C(=O)c1cccc(C)c1C)c1ncc(-c2cccnc2)[nH]1. The molecule has 0 fully saturated rings. The first-order valence-corrected chi connectivity index (χ1v) is 8.67. The molecule has 0 radical (unpaired) electrons. The summed E-state index contributed by atoms with van der Waals surface area (Å²) >= 11 is 0.